The smallest absolute Gasteiger partial charge is 0.193 e. The Labute approximate surface area is 197 Å². The number of nitrogen functional groups attached to an aromatic ring is 1. The molecule has 0 saturated heterocycles. The number of ketones is 1. The number of hydrogen-bond acceptors (Lipinski definition) is 4. The highest BCUT2D eigenvalue weighted by Crippen LogP contribution is 2.32. The van der Waals surface area contributed by atoms with Gasteiger partial charge in [0.05, 0.1) is 5.52 Å². The summed E-state index contributed by atoms with van der Waals surface area (Å²) in [6.45, 7) is 12.6. The van der Waals surface area contributed by atoms with Gasteiger partial charge in [-0.15, -0.1) is 0 Å². The number of fused-ring (bicyclic) bond motifs is 1. The van der Waals surface area contributed by atoms with Crippen LogP contribution >= 0.6 is 0 Å². The Morgan fingerprint density at radius 3 is 2.52 bits per heavy atom. The highest BCUT2D eigenvalue weighted by atomic mass is 16.1. The zero-order valence-corrected chi connectivity index (χ0v) is 20.3. The molecule has 0 radical (unpaired) electrons. The quantitative estimate of drug-likeness (QED) is 0.377. The summed E-state index contributed by atoms with van der Waals surface area (Å²) in [6, 6.07) is 14.4. The van der Waals surface area contributed by atoms with Crippen molar-refractivity contribution in [1.82, 2.24) is 9.58 Å². The van der Waals surface area contributed by atoms with Gasteiger partial charge in [0.25, 0.3) is 0 Å². The van der Waals surface area contributed by atoms with E-state index in [1.165, 1.54) is 5.57 Å². The molecule has 5 heteroatoms. The molecule has 1 aliphatic heterocycles. The number of hydrogen-bond donors (Lipinski definition) is 1. The van der Waals surface area contributed by atoms with Gasteiger partial charge < -0.3 is 10.7 Å². The highest BCUT2D eigenvalue weighted by molar-refractivity contribution is 6.11. The molecule has 1 unspecified atom stereocenters. The second-order valence-electron chi connectivity index (χ2n) is 8.97. The molecule has 2 aromatic carbocycles. The van der Waals surface area contributed by atoms with Crippen molar-refractivity contribution in [2.45, 2.75) is 46.6 Å². The molecule has 0 spiro atoms. The van der Waals surface area contributed by atoms with E-state index in [-0.39, 0.29) is 5.78 Å². The van der Waals surface area contributed by atoms with Crippen LogP contribution in [-0.4, -0.2) is 47.6 Å². The molecule has 0 fully saturated rings. The van der Waals surface area contributed by atoms with Gasteiger partial charge in [-0.25, -0.2) is 0 Å². The van der Waals surface area contributed by atoms with Crippen molar-refractivity contribution in [2.75, 3.05) is 36.9 Å². The second-order valence-corrected chi connectivity index (χ2v) is 8.97. The SMILES string of the molecule is CCC(C)N1CC=C(c2cn(N)c3ccc(C(=O)c4cccc(N(CC)CC)c4)cc23)CC1. The van der Waals surface area contributed by atoms with Crippen LogP contribution in [0.3, 0.4) is 0 Å². The molecule has 5 nitrogen and oxygen atoms in total. The minimum absolute atomic E-state index is 0.0437. The van der Waals surface area contributed by atoms with Gasteiger partial charge in [-0.05, 0) is 69.5 Å². The third-order valence-electron chi connectivity index (χ3n) is 7.13. The van der Waals surface area contributed by atoms with Crippen molar-refractivity contribution in [3.63, 3.8) is 0 Å². The van der Waals surface area contributed by atoms with Crippen molar-refractivity contribution >= 4 is 27.9 Å². The fraction of sp³-hybridized carbons (Fsp3) is 0.393. The van der Waals surface area contributed by atoms with Gasteiger partial charge in [-0.1, -0.05) is 25.1 Å². The van der Waals surface area contributed by atoms with Crippen molar-refractivity contribution in [3.8, 4) is 0 Å². The van der Waals surface area contributed by atoms with E-state index >= 15 is 0 Å². The van der Waals surface area contributed by atoms with Gasteiger partial charge in [0, 0.05) is 66.2 Å². The Balaban J connectivity index is 1.67. The van der Waals surface area contributed by atoms with Crippen LogP contribution in [0.1, 0.15) is 62.0 Å². The fourth-order valence-corrected chi connectivity index (χ4v) is 4.84. The van der Waals surface area contributed by atoms with E-state index in [4.69, 9.17) is 5.84 Å². The molecule has 0 saturated carbocycles. The second kappa shape index (κ2) is 9.84. The van der Waals surface area contributed by atoms with Gasteiger partial charge in [0.2, 0.25) is 0 Å². The van der Waals surface area contributed by atoms with E-state index in [0.29, 0.717) is 17.2 Å². The highest BCUT2D eigenvalue weighted by Gasteiger charge is 2.20. The number of carbonyl (C=O) groups excluding carboxylic acids is 1. The van der Waals surface area contributed by atoms with Crippen molar-refractivity contribution < 1.29 is 4.79 Å². The molecule has 4 rings (SSSR count). The first kappa shape index (κ1) is 23.1. The van der Waals surface area contributed by atoms with Crippen molar-refractivity contribution in [3.05, 3.63) is 71.4 Å². The molecule has 33 heavy (non-hydrogen) atoms. The maximum atomic E-state index is 13.4. The zero-order valence-electron chi connectivity index (χ0n) is 20.3. The van der Waals surface area contributed by atoms with E-state index < -0.39 is 0 Å². The first-order valence-corrected chi connectivity index (χ1v) is 12.2. The maximum absolute atomic E-state index is 13.4. The third kappa shape index (κ3) is 4.55. The molecule has 174 valence electrons. The molecular formula is C28H36N4O. The molecule has 2 heterocycles. The number of carbonyl (C=O) groups is 1. The van der Waals surface area contributed by atoms with Gasteiger partial charge in [0.1, 0.15) is 0 Å². The third-order valence-corrected chi connectivity index (χ3v) is 7.13. The predicted octanol–water partition coefficient (Wildman–Crippen LogP) is 5.32. The van der Waals surface area contributed by atoms with Gasteiger partial charge >= 0.3 is 0 Å². The fourth-order valence-electron chi connectivity index (χ4n) is 4.84. The largest absolute Gasteiger partial charge is 0.372 e. The summed E-state index contributed by atoms with van der Waals surface area (Å²) >= 11 is 0. The standard InChI is InChI=1S/C28H36N4O/c1-5-20(4)31-15-13-21(14-16-31)26-19-32(29)27-12-11-23(18-25(26)27)28(33)22-9-8-10-24(17-22)30(6-2)7-3/h8-13,17-20H,5-7,14-16,29H2,1-4H3. The van der Waals surface area contributed by atoms with E-state index in [0.717, 1.165) is 61.2 Å². The number of aromatic nitrogens is 1. The maximum Gasteiger partial charge on any atom is 0.193 e. The number of rotatable bonds is 8. The minimum Gasteiger partial charge on any atom is -0.372 e. The molecule has 0 aliphatic carbocycles. The lowest BCUT2D eigenvalue weighted by atomic mass is 9.95. The topological polar surface area (TPSA) is 54.5 Å². The van der Waals surface area contributed by atoms with E-state index in [2.05, 4.69) is 49.6 Å². The van der Waals surface area contributed by atoms with Crippen LogP contribution in [0.25, 0.3) is 16.5 Å². The van der Waals surface area contributed by atoms with Crippen LogP contribution in [0.2, 0.25) is 0 Å². The number of nitrogens with zero attached hydrogens (tertiary/aromatic N) is 3. The molecule has 2 N–H and O–H groups in total. The average Bonchev–Trinajstić information content (AvgIpc) is 3.20. The van der Waals surface area contributed by atoms with Gasteiger partial charge in [0.15, 0.2) is 5.78 Å². The van der Waals surface area contributed by atoms with Crippen LogP contribution in [0.15, 0.2) is 54.7 Å². The summed E-state index contributed by atoms with van der Waals surface area (Å²) in [4.78, 5) is 18.2. The van der Waals surface area contributed by atoms with E-state index in [1.807, 2.05) is 42.6 Å². The average molecular weight is 445 g/mol. The summed E-state index contributed by atoms with van der Waals surface area (Å²) in [7, 11) is 0. The van der Waals surface area contributed by atoms with Crippen LogP contribution in [-0.2, 0) is 0 Å². The van der Waals surface area contributed by atoms with Crippen LogP contribution in [0, 0.1) is 0 Å². The molecule has 1 atom stereocenters. The van der Waals surface area contributed by atoms with Crippen LogP contribution in [0.4, 0.5) is 5.69 Å². The Kier molecular flexibility index (Phi) is 6.89. The number of anilines is 1. The zero-order chi connectivity index (χ0) is 23.5. The first-order valence-electron chi connectivity index (χ1n) is 12.2. The minimum atomic E-state index is 0.0437. The monoisotopic (exact) mass is 444 g/mol. The predicted molar refractivity (Wildman–Crippen MR) is 139 cm³/mol. The van der Waals surface area contributed by atoms with Crippen LogP contribution < -0.4 is 10.7 Å². The Morgan fingerprint density at radius 2 is 1.85 bits per heavy atom. The first-order chi connectivity index (χ1) is 16.0. The Morgan fingerprint density at radius 1 is 1.09 bits per heavy atom. The molecule has 0 amide bonds. The number of nitrogens with two attached hydrogens (primary N) is 1. The molecular weight excluding hydrogens is 408 g/mol. The lowest BCUT2D eigenvalue weighted by Crippen LogP contribution is -2.35. The van der Waals surface area contributed by atoms with Crippen molar-refractivity contribution in [1.29, 1.82) is 0 Å². The summed E-state index contributed by atoms with van der Waals surface area (Å²) < 4.78 is 1.68. The van der Waals surface area contributed by atoms with E-state index in [9.17, 15) is 4.79 Å². The lowest BCUT2D eigenvalue weighted by Gasteiger charge is -2.31. The molecule has 0 bridgehead atoms. The van der Waals surface area contributed by atoms with Crippen LogP contribution in [0.5, 0.6) is 0 Å². The summed E-state index contributed by atoms with van der Waals surface area (Å²) in [5, 5.41) is 1.05. The summed E-state index contributed by atoms with van der Waals surface area (Å²) in [5.41, 5.74) is 5.90. The van der Waals surface area contributed by atoms with E-state index in [1.54, 1.807) is 4.68 Å². The molecule has 1 aromatic heterocycles. The number of benzene rings is 2. The van der Waals surface area contributed by atoms with Gasteiger partial charge in [-0.3, -0.25) is 14.4 Å². The Hall–Kier alpha value is -3.05. The Bertz CT molecular complexity index is 1170. The summed E-state index contributed by atoms with van der Waals surface area (Å²) in [5.74, 6) is 6.33. The molecule has 1 aliphatic rings. The lowest BCUT2D eigenvalue weighted by molar-refractivity contribution is 0.103. The molecule has 3 aromatic rings. The summed E-state index contributed by atoms with van der Waals surface area (Å²) in [6.07, 6.45) is 6.48. The van der Waals surface area contributed by atoms with Crippen molar-refractivity contribution in [2.24, 2.45) is 0 Å². The normalized spacial score (nSPS) is 15.5. The van der Waals surface area contributed by atoms with Gasteiger partial charge in [-0.2, -0.15) is 0 Å².